The van der Waals surface area contributed by atoms with E-state index in [4.69, 9.17) is 4.74 Å². The largest absolute Gasteiger partial charge is 0.379 e. The van der Waals surface area contributed by atoms with E-state index in [2.05, 4.69) is 14.8 Å². The highest BCUT2D eigenvalue weighted by Gasteiger charge is 2.35. The molecule has 0 aromatic carbocycles. The lowest BCUT2D eigenvalue weighted by atomic mass is 10.2. The minimum absolute atomic E-state index is 0.0927. The van der Waals surface area contributed by atoms with Crippen molar-refractivity contribution in [2.45, 2.75) is 18.9 Å². The van der Waals surface area contributed by atoms with Gasteiger partial charge in [0.2, 0.25) is 5.82 Å². The van der Waals surface area contributed by atoms with Crippen LogP contribution in [0, 0.1) is 10.1 Å². The van der Waals surface area contributed by atoms with Crippen molar-refractivity contribution in [1.29, 1.82) is 0 Å². The second kappa shape index (κ2) is 6.06. The lowest BCUT2D eigenvalue weighted by Gasteiger charge is -2.32. The summed E-state index contributed by atoms with van der Waals surface area (Å²) in [7, 11) is 0. The SMILES string of the molecule is O=[N+]([O-])c1c(N2CCC[C@@H]2CN2CCOCC2)nc2sccn12. The van der Waals surface area contributed by atoms with Gasteiger partial charge in [0.05, 0.1) is 13.2 Å². The molecule has 0 spiro atoms. The van der Waals surface area contributed by atoms with Crippen LogP contribution in [0.5, 0.6) is 0 Å². The molecule has 0 N–H and O–H groups in total. The average Bonchev–Trinajstić information content (AvgIpc) is 3.22. The average molecular weight is 337 g/mol. The number of nitro groups is 1. The number of ether oxygens (including phenoxy) is 1. The second-order valence-corrected chi connectivity index (χ2v) is 6.85. The fraction of sp³-hybridized carbons (Fsp3) is 0.643. The molecule has 23 heavy (non-hydrogen) atoms. The Balaban J connectivity index is 1.61. The summed E-state index contributed by atoms with van der Waals surface area (Å²) in [5.41, 5.74) is 0. The van der Waals surface area contributed by atoms with Gasteiger partial charge in [-0.15, -0.1) is 0 Å². The molecule has 4 rings (SSSR count). The van der Waals surface area contributed by atoms with Crippen molar-refractivity contribution < 1.29 is 9.66 Å². The van der Waals surface area contributed by atoms with Gasteiger partial charge in [-0.05, 0) is 17.8 Å². The lowest BCUT2D eigenvalue weighted by Crippen LogP contribution is -2.45. The maximum Gasteiger partial charge on any atom is 0.373 e. The summed E-state index contributed by atoms with van der Waals surface area (Å²) in [6, 6.07) is 0.288. The van der Waals surface area contributed by atoms with Gasteiger partial charge in [0, 0.05) is 37.6 Å². The number of hydrogen-bond donors (Lipinski definition) is 0. The van der Waals surface area contributed by atoms with E-state index in [1.807, 2.05) is 5.38 Å². The van der Waals surface area contributed by atoms with E-state index in [0.717, 1.165) is 52.2 Å². The van der Waals surface area contributed by atoms with Crippen LogP contribution in [0.1, 0.15) is 12.8 Å². The Morgan fingerprint density at radius 1 is 1.39 bits per heavy atom. The normalized spacial score (nSPS) is 23.0. The van der Waals surface area contributed by atoms with Crippen molar-refractivity contribution in [3.05, 3.63) is 21.7 Å². The van der Waals surface area contributed by atoms with Crippen molar-refractivity contribution in [2.24, 2.45) is 0 Å². The van der Waals surface area contributed by atoms with Crippen molar-refractivity contribution in [3.8, 4) is 0 Å². The standard InChI is InChI=1S/C14H19N5O3S/c20-19(21)13-12(15-14-18(13)6-9-23-14)17-3-1-2-11(17)10-16-4-7-22-8-5-16/h6,9,11H,1-5,7-8,10H2/t11-/m1/s1. The zero-order valence-electron chi connectivity index (χ0n) is 12.8. The summed E-state index contributed by atoms with van der Waals surface area (Å²) in [5.74, 6) is 0.618. The third kappa shape index (κ3) is 2.68. The molecule has 2 aliphatic heterocycles. The number of hydrogen-bond acceptors (Lipinski definition) is 7. The quantitative estimate of drug-likeness (QED) is 0.623. The van der Waals surface area contributed by atoms with Crippen LogP contribution in [-0.2, 0) is 4.74 Å². The smallest absolute Gasteiger partial charge is 0.373 e. The van der Waals surface area contributed by atoms with Gasteiger partial charge in [-0.2, -0.15) is 9.38 Å². The number of aromatic nitrogens is 2. The van der Waals surface area contributed by atoms with E-state index in [1.165, 1.54) is 11.3 Å². The van der Waals surface area contributed by atoms with Gasteiger partial charge in [-0.1, -0.05) is 11.3 Å². The van der Waals surface area contributed by atoms with Crippen LogP contribution in [0.15, 0.2) is 11.6 Å². The van der Waals surface area contributed by atoms with Crippen molar-refractivity contribution in [3.63, 3.8) is 0 Å². The minimum atomic E-state index is -0.313. The van der Waals surface area contributed by atoms with Crippen LogP contribution in [-0.4, -0.2) is 64.6 Å². The fourth-order valence-corrected chi connectivity index (χ4v) is 4.22. The molecule has 2 saturated heterocycles. The Morgan fingerprint density at radius 2 is 2.22 bits per heavy atom. The predicted molar refractivity (Wildman–Crippen MR) is 87.4 cm³/mol. The zero-order chi connectivity index (χ0) is 15.8. The molecule has 0 radical (unpaired) electrons. The van der Waals surface area contributed by atoms with Gasteiger partial charge in [0.25, 0.3) is 4.96 Å². The molecule has 0 saturated carbocycles. The van der Waals surface area contributed by atoms with Crippen molar-refractivity contribution in [2.75, 3.05) is 44.3 Å². The first-order valence-electron chi connectivity index (χ1n) is 7.91. The van der Waals surface area contributed by atoms with E-state index in [-0.39, 0.29) is 16.8 Å². The Hall–Kier alpha value is -1.71. The third-order valence-electron chi connectivity index (χ3n) is 4.61. The van der Waals surface area contributed by atoms with E-state index >= 15 is 0 Å². The molecule has 8 nitrogen and oxygen atoms in total. The monoisotopic (exact) mass is 337 g/mol. The predicted octanol–water partition coefficient (Wildman–Crippen LogP) is 1.60. The molecule has 4 heterocycles. The fourth-order valence-electron chi connectivity index (χ4n) is 3.51. The minimum Gasteiger partial charge on any atom is -0.379 e. The van der Waals surface area contributed by atoms with Gasteiger partial charge in [0.15, 0.2) is 0 Å². The number of rotatable bonds is 4. The Labute approximate surface area is 137 Å². The maximum atomic E-state index is 11.5. The molecule has 0 aliphatic carbocycles. The molecule has 0 amide bonds. The molecule has 0 bridgehead atoms. The summed E-state index contributed by atoms with van der Waals surface area (Å²) in [6.07, 6.45) is 3.83. The van der Waals surface area contributed by atoms with E-state index in [0.29, 0.717) is 10.8 Å². The summed E-state index contributed by atoms with van der Waals surface area (Å²) < 4.78 is 6.98. The number of fused-ring (bicyclic) bond motifs is 1. The van der Waals surface area contributed by atoms with Crippen molar-refractivity contribution in [1.82, 2.24) is 14.3 Å². The molecule has 0 unspecified atom stereocenters. The highest BCUT2D eigenvalue weighted by atomic mass is 32.1. The molecule has 1 atom stereocenters. The summed E-state index contributed by atoms with van der Waals surface area (Å²) in [5, 5.41) is 13.4. The summed E-state index contributed by atoms with van der Waals surface area (Å²) in [6.45, 7) is 5.17. The first-order chi connectivity index (χ1) is 11.2. The highest BCUT2D eigenvalue weighted by Crippen LogP contribution is 2.35. The van der Waals surface area contributed by atoms with Gasteiger partial charge >= 0.3 is 5.82 Å². The first kappa shape index (κ1) is 14.9. The van der Waals surface area contributed by atoms with E-state index < -0.39 is 0 Å². The number of thiazole rings is 1. The van der Waals surface area contributed by atoms with Gasteiger partial charge < -0.3 is 19.8 Å². The van der Waals surface area contributed by atoms with E-state index in [9.17, 15) is 10.1 Å². The number of imidazole rings is 1. The molecule has 2 aromatic heterocycles. The number of morpholine rings is 1. The van der Waals surface area contributed by atoms with Crippen LogP contribution >= 0.6 is 11.3 Å². The number of nitrogens with zero attached hydrogens (tertiary/aromatic N) is 5. The first-order valence-corrected chi connectivity index (χ1v) is 8.78. The molecule has 124 valence electrons. The summed E-state index contributed by atoms with van der Waals surface area (Å²) >= 11 is 1.43. The zero-order valence-corrected chi connectivity index (χ0v) is 13.6. The lowest BCUT2D eigenvalue weighted by molar-refractivity contribution is -0.389. The molecule has 2 fully saturated rings. The molecule has 2 aliphatic rings. The third-order valence-corrected chi connectivity index (χ3v) is 5.37. The van der Waals surface area contributed by atoms with Crippen LogP contribution in [0.4, 0.5) is 11.6 Å². The Morgan fingerprint density at radius 3 is 3.00 bits per heavy atom. The van der Waals surface area contributed by atoms with Gasteiger partial charge in [0.1, 0.15) is 6.20 Å². The van der Waals surface area contributed by atoms with Crippen molar-refractivity contribution >= 4 is 27.9 Å². The molecule has 2 aromatic rings. The van der Waals surface area contributed by atoms with Crippen LogP contribution in [0.3, 0.4) is 0 Å². The Kier molecular flexibility index (Phi) is 3.92. The van der Waals surface area contributed by atoms with Crippen LogP contribution in [0.25, 0.3) is 4.96 Å². The van der Waals surface area contributed by atoms with Gasteiger partial charge in [-0.3, -0.25) is 4.90 Å². The number of anilines is 1. The van der Waals surface area contributed by atoms with E-state index in [1.54, 1.807) is 10.6 Å². The summed E-state index contributed by atoms with van der Waals surface area (Å²) in [4.78, 5) is 21.0. The molecular formula is C14H19N5O3S. The van der Waals surface area contributed by atoms with Gasteiger partial charge in [-0.25, -0.2) is 0 Å². The molecule has 9 heteroatoms. The second-order valence-electron chi connectivity index (χ2n) is 5.97. The Bertz CT molecular complexity index is 708. The highest BCUT2D eigenvalue weighted by molar-refractivity contribution is 7.15. The van der Waals surface area contributed by atoms with Crippen LogP contribution in [0.2, 0.25) is 0 Å². The maximum absolute atomic E-state index is 11.5. The molecular weight excluding hydrogens is 318 g/mol. The topological polar surface area (TPSA) is 76.2 Å². The van der Waals surface area contributed by atoms with Crippen LogP contribution < -0.4 is 4.90 Å².